The van der Waals surface area contributed by atoms with Crippen molar-refractivity contribution in [2.24, 2.45) is 0 Å². The lowest BCUT2D eigenvalue weighted by Gasteiger charge is -2.22. The molecule has 20 heavy (non-hydrogen) atoms. The third-order valence-electron chi connectivity index (χ3n) is 3.28. The number of carbonyl (C=O) groups excluding carboxylic acids is 1. The van der Waals surface area contributed by atoms with Crippen LogP contribution in [-0.4, -0.2) is 24.5 Å². The second-order valence-corrected chi connectivity index (χ2v) is 4.60. The zero-order chi connectivity index (χ0) is 13.9. The largest absolute Gasteiger partial charge is 0.482 e. The van der Waals surface area contributed by atoms with Gasteiger partial charge >= 0.3 is 0 Å². The highest BCUT2D eigenvalue weighted by molar-refractivity contribution is 5.95. The van der Waals surface area contributed by atoms with Gasteiger partial charge in [-0.15, -0.1) is 0 Å². The summed E-state index contributed by atoms with van der Waals surface area (Å²) >= 11 is 0. The van der Waals surface area contributed by atoms with E-state index in [9.17, 15) is 4.79 Å². The smallest absolute Gasteiger partial charge is 0.262 e. The number of aromatic nitrogens is 1. The Labute approximate surface area is 117 Å². The van der Waals surface area contributed by atoms with Crippen LogP contribution in [0.2, 0.25) is 0 Å². The summed E-state index contributed by atoms with van der Waals surface area (Å²) in [5.74, 6) is 0.575. The van der Waals surface area contributed by atoms with Crippen molar-refractivity contribution in [3.63, 3.8) is 0 Å². The molecule has 102 valence electrons. The molecule has 2 heterocycles. The third kappa shape index (κ3) is 2.35. The van der Waals surface area contributed by atoms with Gasteiger partial charge in [0, 0.05) is 12.4 Å². The van der Waals surface area contributed by atoms with Crippen molar-refractivity contribution in [1.29, 1.82) is 0 Å². The number of nitrogens with zero attached hydrogens (tertiary/aromatic N) is 1. The number of nitrogens with one attached hydrogen (secondary N) is 2. The topological polar surface area (TPSA) is 63.2 Å². The van der Waals surface area contributed by atoms with Crippen molar-refractivity contribution in [2.75, 3.05) is 19.0 Å². The molecule has 0 aliphatic carbocycles. The average Bonchev–Trinajstić information content (AvgIpc) is 2.49. The van der Waals surface area contributed by atoms with E-state index in [4.69, 9.17) is 4.74 Å². The molecule has 0 fully saturated rings. The molecule has 1 unspecified atom stereocenters. The van der Waals surface area contributed by atoms with Crippen LogP contribution in [0.5, 0.6) is 5.75 Å². The molecule has 0 bridgehead atoms. The zero-order valence-corrected chi connectivity index (χ0v) is 11.1. The van der Waals surface area contributed by atoms with E-state index >= 15 is 0 Å². The number of hydrogen-bond donors (Lipinski definition) is 2. The number of carbonyl (C=O) groups is 1. The van der Waals surface area contributed by atoms with E-state index in [2.05, 4.69) is 15.6 Å². The van der Waals surface area contributed by atoms with Crippen molar-refractivity contribution < 1.29 is 9.53 Å². The molecule has 2 aromatic rings. The highest BCUT2D eigenvalue weighted by Crippen LogP contribution is 2.32. The Bertz CT molecular complexity index is 628. The molecule has 1 aliphatic rings. The summed E-state index contributed by atoms with van der Waals surface area (Å²) in [6, 6.07) is 9.74. The predicted octanol–water partition coefficient (Wildman–Crippen LogP) is 1.72. The molecule has 3 rings (SSSR count). The van der Waals surface area contributed by atoms with Gasteiger partial charge in [-0.25, -0.2) is 0 Å². The Morgan fingerprint density at radius 2 is 2.25 bits per heavy atom. The van der Waals surface area contributed by atoms with Crippen LogP contribution in [0.15, 0.2) is 42.7 Å². The summed E-state index contributed by atoms with van der Waals surface area (Å²) in [6.07, 6.45) is 3.58. The minimum Gasteiger partial charge on any atom is -0.482 e. The maximum Gasteiger partial charge on any atom is 0.262 e. The molecule has 1 atom stereocenters. The Balaban J connectivity index is 1.97. The zero-order valence-electron chi connectivity index (χ0n) is 11.1. The summed E-state index contributed by atoms with van der Waals surface area (Å²) in [5, 5.41) is 6.08. The van der Waals surface area contributed by atoms with E-state index < -0.39 is 0 Å². The van der Waals surface area contributed by atoms with Crippen LogP contribution in [-0.2, 0) is 4.79 Å². The predicted molar refractivity (Wildman–Crippen MR) is 75.7 cm³/mol. The van der Waals surface area contributed by atoms with E-state index in [1.807, 2.05) is 43.6 Å². The second-order valence-electron chi connectivity index (χ2n) is 4.60. The van der Waals surface area contributed by atoms with Crippen LogP contribution < -0.4 is 15.4 Å². The Kier molecular flexibility index (Phi) is 3.35. The summed E-state index contributed by atoms with van der Waals surface area (Å²) in [6.45, 7) is 0.0738. The fraction of sp³-hybridized carbons (Fsp3) is 0.200. The van der Waals surface area contributed by atoms with E-state index in [1.165, 1.54) is 0 Å². The van der Waals surface area contributed by atoms with Gasteiger partial charge in [-0.05, 0) is 36.4 Å². The fourth-order valence-corrected chi connectivity index (χ4v) is 2.35. The van der Waals surface area contributed by atoms with Gasteiger partial charge in [0.2, 0.25) is 0 Å². The number of rotatable bonds is 3. The lowest BCUT2D eigenvalue weighted by atomic mass is 9.99. The standard InChI is InChI=1S/C15H15N3O2/c1-16-15(11-3-2-6-17-8-11)10-4-5-13-12(7-10)18-14(19)9-20-13/h2-8,15-16H,9H2,1H3,(H,18,19). The van der Waals surface area contributed by atoms with Crippen molar-refractivity contribution >= 4 is 11.6 Å². The second kappa shape index (κ2) is 5.30. The Morgan fingerprint density at radius 1 is 1.35 bits per heavy atom. The molecule has 2 N–H and O–H groups in total. The van der Waals surface area contributed by atoms with Crippen molar-refractivity contribution in [3.05, 3.63) is 53.9 Å². The Morgan fingerprint density at radius 3 is 3.00 bits per heavy atom. The first-order valence-corrected chi connectivity index (χ1v) is 6.41. The van der Waals surface area contributed by atoms with Crippen LogP contribution in [0.3, 0.4) is 0 Å². The summed E-state index contributed by atoms with van der Waals surface area (Å²) < 4.78 is 5.37. The molecular formula is C15H15N3O2. The minimum absolute atomic E-state index is 0.0211. The molecule has 1 aromatic carbocycles. The molecule has 1 aromatic heterocycles. The van der Waals surface area contributed by atoms with Gasteiger partial charge in [0.1, 0.15) is 5.75 Å². The first-order chi connectivity index (χ1) is 9.78. The van der Waals surface area contributed by atoms with Gasteiger partial charge in [-0.1, -0.05) is 12.1 Å². The summed E-state index contributed by atoms with van der Waals surface area (Å²) in [7, 11) is 1.90. The van der Waals surface area contributed by atoms with Crippen LogP contribution in [0, 0.1) is 0 Å². The van der Waals surface area contributed by atoms with E-state index in [-0.39, 0.29) is 18.6 Å². The van der Waals surface area contributed by atoms with Crippen molar-refractivity contribution in [3.8, 4) is 5.75 Å². The van der Waals surface area contributed by atoms with Crippen LogP contribution >= 0.6 is 0 Å². The van der Waals surface area contributed by atoms with Crippen LogP contribution in [0.4, 0.5) is 5.69 Å². The fourth-order valence-electron chi connectivity index (χ4n) is 2.35. The van der Waals surface area contributed by atoms with Gasteiger partial charge in [-0.2, -0.15) is 0 Å². The first kappa shape index (κ1) is 12.6. The number of fused-ring (bicyclic) bond motifs is 1. The molecule has 1 aliphatic heterocycles. The molecule has 0 saturated carbocycles. The normalized spacial score (nSPS) is 14.9. The maximum atomic E-state index is 11.4. The lowest BCUT2D eigenvalue weighted by molar-refractivity contribution is -0.118. The molecular weight excluding hydrogens is 254 g/mol. The molecule has 5 nitrogen and oxygen atoms in total. The SMILES string of the molecule is CNC(c1cccnc1)c1ccc2c(c1)NC(=O)CO2. The average molecular weight is 269 g/mol. The van der Waals surface area contributed by atoms with Crippen LogP contribution in [0.25, 0.3) is 0 Å². The number of benzene rings is 1. The minimum atomic E-state index is -0.128. The molecule has 0 saturated heterocycles. The van der Waals surface area contributed by atoms with Gasteiger partial charge < -0.3 is 15.4 Å². The number of pyridine rings is 1. The van der Waals surface area contributed by atoms with Gasteiger partial charge in [0.25, 0.3) is 5.91 Å². The number of amides is 1. The molecule has 0 spiro atoms. The Hall–Kier alpha value is -2.40. The lowest BCUT2D eigenvalue weighted by Crippen LogP contribution is -2.26. The highest BCUT2D eigenvalue weighted by atomic mass is 16.5. The number of hydrogen-bond acceptors (Lipinski definition) is 4. The highest BCUT2D eigenvalue weighted by Gasteiger charge is 2.19. The van der Waals surface area contributed by atoms with Gasteiger partial charge in [0.05, 0.1) is 11.7 Å². The van der Waals surface area contributed by atoms with Crippen molar-refractivity contribution in [1.82, 2.24) is 10.3 Å². The summed E-state index contributed by atoms with van der Waals surface area (Å²) in [5.41, 5.74) is 2.82. The number of anilines is 1. The van der Waals surface area contributed by atoms with Crippen LogP contribution in [0.1, 0.15) is 17.2 Å². The third-order valence-corrected chi connectivity index (χ3v) is 3.28. The van der Waals surface area contributed by atoms with E-state index in [0.29, 0.717) is 11.4 Å². The van der Waals surface area contributed by atoms with Gasteiger partial charge in [0.15, 0.2) is 6.61 Å². The van der Waals surface area contributed by atoms with E-state index in [1.54, 1.807) is 6.20 Å². The molecule has 0 radical (unpaired) electrons. The van der Waals surface area contributed by atoms with Crippen molar-refractivity contribution in [2.45, 2.75) is 6.04 Å². The molecule has 5 heteroatoms. The summed E-state index contributed by atoms with van der Waals surface area (Å²) in [4.78, 5) is 15.5. The maximum absolute atomic E-state index is 11.4. The molecule has 1 amide bonds. The van der Waals surface area contributed by atoms with Gasteiger partial charge in [-0.3, -0.25) is 9.78 Å². The quantitative estimate of drug-likeness (QED) is 0.890. The first-order valence-electron chi connectivity index (χ1n) is 6.41. The van der Waals surface area contributed by atoms with E-state index in [0.717, 1.165) is 11.1 Å². The number of ether oxygens (including phenoxy) is 1. The monoisotopic (exact) mass is 269 g/mol.